The van der Waals surface area contributed by atoms with Crippen molar-refractivity contribution in [2.75, 3.05) is 25.5 Å². The molecule has 86 valence electrons. The molecule has 5 heteroatoms. The van der Waals surface area contributed by atoms with Crippen LogP contribution in [0.15, 0.2) is 18.3 Å². The molecule has 0 fully saturated rings. The summed E-state index contributed by atoms with van der Waals surface area (Å²) in [4.78, 5) is 6.35. The molecule has 2 aromatic heterocycles. The lowest BCUT2D eigenvalue weighted by atomic mass is 10.3. The van der Waals surface area contributed by atoms with Crippen molar-refractivity contribution >= 4 is 22.8 Å². The van der Waals surface area contributed by atoms with Gasteiger partial charge in [0.05, 0.1) is 11.2 Å². The zero-order valence-electron chi connectivity index (χ0n) is 9.44. The van der Waals surface area contributed by atoms with Gasteiger partial charge in [0.15, 0.2) is 5.15 Å². The lowest BCUT2D eigenvalue weighted by molar-refractivity contribution is 0.861. The van der Waals surface area contributed by atoms with E-state index in [4.69, 9.17) is 17.3 Å². The molecule has 2 aromatic rings. The van der Waals surface area contributed by atoms with E-state index in [2.05, 4.69) is 4.98 Å². The number of fused-ring (bicyclic) bond motifs is 1. The van der Waals surface area contributed by atoms with Crippen molar-refractivity contribution in [1.82, 2.24) is 9.38 Å². The van der Waals surface area contributed by atoms with E-state index in [0.717, 1.165) is 23.4 Å². The molecule has 16 heavy (non-hydrogen) atoms. The van der Waals surface area contributed by atoms with Crippen molar-refractivity contribution in [2.45, 2.75) is 6.42 Å². The number of aromatic nitrogens is 2. The van der Waals surface area contributed by atoms with Gasteiger partial charge in [-0.15, -0.1) is 0 Å². The van der Waals surface area contributed by atoms with Crippen LogP contribution in [-0.2, 0) is 6.42 Å². The highest BCUT2D eigenvalue weighted by Crippen LogP contribution is 2.22. The molecule has 0 radical (unpaired) electrons. The summed E-state index contributed by atoms with van der Waals surface area (Å²) in [6, 6.07) is 4.00. The van der Waals surface area contributed by atoms with E-state index in [9.17, 15) is 0 Å². The first-order valence-corrected chi connectivity index (χ1v) is 5.55. The topological polar surface area (TPSA) is 46.6 Å². The molecule has 0 unspecified atom stereocenters. The van der Waals surface area contributed by atoms with Crippen molar-refractivity contribution in [3.8, 4) is 0 Å². The average molecular weight is 239 g/mol. The van der Waals surface area contributed by atoms with Gasteiger partial charge in [0.1, 0.15) is 5.82 Å². The smallest absolute Gasteiger partial charge is 0.155 e. The van der Waals surface area contributed by atoms with Crippen LogP contribution in [0.5, 0.6) is 0 Å². The first-order valence-electron chi connectivity index (χ1n) is 5.17. The Bertz CT molecular complexity index is 504. The van der Waals surface area contributed by atoms with Gasteiger partial charge < -0.3 is 15.0 Å². The van der Waals surface area contributed by atoms with Crippen LogP contribution in [0.25, 0.3) is 5.52 Å². The average Bonchev–Trinajstić information content (AvgIpc) is 2.56. The Morgan fingerprint density at radius 1 is 1.44 bits per heavy atom. The quantitative estimate of drug-likeness (QED) is 0.883. The van der Waals surface area contributed by atoms with Crippen LogP contribution < -0.4 is 10.6 Å². The van der Waals surface area contributed by atoms with E-state index in [1.54, 1.807) is 0 Å². The first-order chi connectivity index (χ1) is 7.63. The first kappa shape index (κ1) is 11.2. The van der Waals surface area contributed by atoms with Crippen LogP contribution in [0.1, 0.15) is 5.82 Å². The molecule has 4 nitrogen and oxygen atoms in total. The molecule has 0 aliphatic carbocycles. The number of pyridine rings is 1. The molecular weight excluding hydrogens is 224 g/mol. The Labute approximate surface area is 99.6 Å². The number of rotatable bonds is 3. The van der Waals surface area contributed by atoms with Crippen LogP contribution in [0.4, 0.5) is 5.69 Å². The molecule has 0 atom stereocenters. The maximum absolute atomic E-state index is 6.06. The number of nitrogens with zero attached hydrogens (tertiary/aromatic N) is 3. The largest absolute Gasteiger partial charge is 0.376 e. The fourth-order valence-corrected chi connectivity index (χ4v) is 1.92. The maximum atomic E-state index is 6.06. The number of imidazole rings is 1. The van der Waals surface area contributed by atoms with E-state index in [-0.39, 0.29) is 0 Å². The third kappa shape index (κ3) is 1.86. The maximum Gasteiger partial charge on any atom is 0.155 e. The molecule has 0 saturated carbocycles. The lowest BCUT2D eigenvalue weighted by Crippen LogP contribution is -2.10. The van der Waals surface area contributed by atoms with Gasteiger partial charge in [-0.3, -0.25) is 0 Å². The number of hydrogen-bond donors (Lipinski definition) is 1. The lowest BCUT2D eigenvalue weighted by Gasteiger charge is -2.12. The molecule has 0 aromatic carbocycles. The molecule has 2 rings (SSSR count). The zero-order chi connectivity index (χ0) is 11.7. The number of halogens is 1. The number of anilines is 1. The standard InChI is InChI=1S/C11H15ClN4/c1-15(2)8-3-4-9-11(12)14-10(5-6-13)16(9)7-8/h3-4,7H,5-6,13H2,1-2H3. The second kappa shape index (κ2) is 4.31. The summed E-state index contributed by atoms with van der Waals surface area (Å²) in [5, 5.41) is 0.536. The molecule has 0 spiro atoms. The zero-order valence-corrected chi connectivity index (χ0v) is 10.2. The SMILES string of the molecule is CN(C)c1ccc2c(Cl)nc(CCN)n2c1. The highest BCUT2D eigenvalue weighted by atomic mass is 35.5. The summed E-state index contributed by atoms with van der Waals surface area (Å²) in [5.41, 5.74) is 7.59. The van der Waals surface area contributed by atoms with Gasteiger partial charge in [-0.1, -0.05) is 11.6 Å². The molecule has 2 N–H and O–H groups in total. The van der Waals surface area contributed by atoms with Crippen LogP contribution >= 0.6 is 11.6 Å². The van der Waals surface area contributed by atoms with Crippen molar-refractivity contribution in [2.24, 2.45) is 5.73 Å². The third-order valence-electron chi connectivity index (χ3n) is 2.53. The Hall–Kier alpha value is -1.26. The van der Waals surface area contributed by atoms with Gasteiger partial charge in [0, 0.05) is 26.7 Å². The predicted molar refractivity (Wildman–Crippen MR) is 67.3 cm³/mol. The molecule has 2 heterocycles. The minimum absolute atomic E-state index is 0.536. The predicted octanol–water partition coefficient (Wildman–Crippen LogP) is 1.55. The Kier molecular flexibility index (Phi) is 3.03. The van der Waals surface area contributed by atoms with Crippen LogP contribution in [0.3, 0.4) is 0 Å². The molecule has 0 aliphatic heterocycles. The Morgan fingerprint density at radius 2 is 2.19 bits per heavy atom. The van der Waals surface area contributed by atoms with Crippen molar-refractivity contribution in [1.29, 1.82) is 0 Å². The van der Waals surface area contributed by atoms with Crippen molar-refractivity contribution in [3.05, 3.63) is 29.3 Å². The monoisotopic (exact) mass is 238 g/mol. The highest BCUT2D eigenvalue weighted by Gasteiger charge is 2.09. The fraction of sp³-hybridized carbons (Fsp3) is 0.364. The van der Waals surface area contributed by atoms with Gasteiger partial charge in [-0.05, 0) is 18.7 Å². The second-order valence-corrected chi connectivity index (χ2v) is 4.25. The third-order valence-corrected chi connectivity index (χ3v) is 2.81. The van der Waals surface area contributed by atoms with Crippen molar-refractivity contribution < 1.29 is 0 Å². The summed E-state index contributed by atoms with van der Waals surface area (Å²) < 4.78 is 2.00. The summed E-state index contributed by atoms with van der Waals surface area (Å²) in [6.07, 6.45) is 2.75. The second-order valence-electron chi connectivity index (χ2n) is 3.89. The van der Waals surface area contributed by atoms with E-state index in [0.29, 0.717) is 11.7 Å². The normalized spacial score (nSPS) is 11.0. The molecule has 0 bridgehead atoms. The number of hydrogen-bond acceptors (Lipinski definition) is 3. The van der Waals surface area contributed by atoms with E-state index >= 15 is 0 Å². The molecule has 0 aliphatic rings. The molecular formula is C11H15ClN4. The molecule has 0 amide bonds. The van der Waals surface area contributed by atoms with Crippen LogP contribution in [-0.4, -0.2) is 30.0 Å². The van der Waals surface area contributed by atoms with Gasteiger partial charge in [0.2, 0.25) is 0 Å². The highest BCUT2D eigenvalue weighted by molar-refractivity contribution is 6.32. The molecule has 0 saturated heterocycles. The van der Waals surface area contributed by atoms with E-state index < -0.39 is 0 Å². The van der Waals surface area contributed by atoms with E-state index in [1.807, 2.05) is 41.7 Å². The van der Waals surface area contributed by atoms with Gasteiger partial charge in [0.25, 0.3) is 0 Å². The summed E-state index contributed by atoms with van der Waals surface area (Å²) in [6.45, 7) is 0.571. The Balaban J connectivity index is 2.60. The Morgan fingerprint density at radius 3 is 2.81 bits per heavy atom. The summed E-state index contributed by atoms with van der Waals surface area (Å²) in [5.74, 6) is 0.909. The van der Waals surface area contributed by atoms with E-state index in [1.165, 1.54) is 0 Å². The van der Waals surface area contributed by atoms with Gasteiger partial charge >= 0.3 is 0 Å². The van der Waals surface area contributed by atoms with Crippen molar-refractivity contribution in [3.63, 3.8) is 0 Å². The van der Waals surface area contributed by atoms with Crippen LogP contribution in [0, 0.1) is 0 Å². The van der Waals surface area contributed by atoms with Crippen LogP contribution in [0.2, 0.25) is 5.15 Å². The minimum Gasteiger partial charge on any atom is -0.376 e. The summed E-state index contributed by atoms with van der Waals surface area (Å²) in [7, 11) is 4.00. The minimum atomic E-state index is 0.536. The summed E-state index contributed by atoms with van der Waals surface area (Å²) >= 11 is 6.06. The number of nitrogens with two attached hydrogens (primary N) is 1. The van der Waals surface area contributed by atoms with Gasteiger partial charge in [-0.2, -0.15) is 0 Å². The fourth-order valence-electron chi connectivity index (χ4n) is 1.67. The van der Waals surface area contributed by atoms with Gasteiger partial charge in [-0.25, -0.2) is 4.98 Å².